The Bertz CT molecular complexity index is 823. The van der Waals surface area contributed by atoms with Gasteiger partial charge in [-0.15, -0.1) is 0 Å². The molecule has 1 heterocycles. The Kier molecular flexibility index (Phi) is 6.25. The van der Waals surface area contributed by atoms with Gasteiger partial charge >= 0.3 is 0 Å². The standard InChI is InChI=1S/C25H29N3/c1-3-7-22(8-4-1)15-16-26-24-11-13-25(14-12-24)28-19-17-27(18-20-28)21-23-9-5-2-6-10-23/h1-14,26H,15-21H2. The van der Waals surface area contributed by atoms with E-state index in [4.69, 9.17) is 0 Å². The predicted molar refractivity (Wildman–Crippen MR) is 119 cm³/mol. The van der Waals surface area contributed by atoms with Crippen molar-refractivity contribution in [3.05, 3.63) is 96.1 Å². The van der Waals surface area contributed by atoms with Crippen LogP contribution in [0.2, 0.25) is 0 Å². The van der Waals surface area contributed by atoms with Crippen molar-refractivity contribution >= 4 is 11.4 Å². The Balaban J connectivity index is 1.23. The molecule has 0 unspecified atom stereocenters. The lowest BCUT2D eigenvalue weighted by atomic mass is 10.1. The topological polar surface area (TPSA) is 18.5 Å². The van der Waals surface area contributed by atoms with Crippen molar-refractivity contribution in [3.63, 3.8) is 0 Å². The molecule has 3 nitrogen and oxygen atoms in total. The van der Waals surface area contributed by atoms with E-state index in [-0.39, 0.29) is 0 Å². The summed E-state index contributed by atoms with van der Waals surface area (Å²) in [7, 11) is 0. The van der Waals surface area contributed by atoms with E-state index in [1.807, 2.05) is 0 Å². The predicted octanol–water partition coefficient (Wildman–Crippen LogP) is 4.66. The van der Waals surface area contributed by atoms with Crippen LogP contribution in [0.1, 0.15) is 11.1 Å². The number of piperazine rings is 1. The van der Waals surface area contributed by atoms with Gasteiger partial charge in [0.15, 0.2) is 0 Å². The van der Waals surface area contributed by atoms with E-state index in [9.17, 15) is 0 Å². The first kappa shape index (κ1) is 18.6. The number of anilines is 2. The summed E-state index contributed by atoms with van der Waals surface area (Å²) in [4.78, 5) is 5.04. The fourth-order valence-electron chi connectivity index (χ4n) is 3.79. The zero-order valence-electron chi connectivity index (χ0n) is 16.4. The molecule has 1 fully saturated rings. The van der Waals surface area contributed by atoms with Gasteiger partial charge in [0.05, 0.1) is 0 Å². The SMILES string of the molecule is c1ccc(CCNc2ccc(N3CCN(Cc4ccccc4)CC3)cc2)cc1. The maximum Gasteiger partial charge on any atom is 0.0368 e. The van der Waals surface area contributed by atoms with Gasteiger partial charge in [0, 0.05) is 50.6 Å². The average Bonchev–Trinajstić information content (AvgIpc) is 2.76. The molecule has 1 aliphatic heterocycles. The van der Waals surface area contributed by atoms with Crippen molar-refractivity contribution in [3.8, 4) is 0 Å². The molecule has 0 atom stereocenters. The number of nitrogens with one attached hydrogen (secondary N) is 1. The minimum Gasteiger partial charge on any atom is -0.385 e. The van der Waals surface area contributed by atoms with E-state index < -0.39 is 0 Å². The van der Waals surface area contributed by atoms with E-state index in [0.29, 0.717) is 0 Å². The molecule has 3 aromatic rings. The second kappa shape index (κ2) is 9.43. The minimum absolute atomic E-state index is 0.960. The van der Waals surface area contributed by atoms with Crippen molar-refractivity contribution in [2.45, 2.75) is 13.0 Å². The van der Waals surface area contributed by atoms with Crippen LogP contribution in [0.15, 0.2) is 84.9 Å². The molecule has 1 saturated heterocycles. The van der Waals surface area contributed by atoms with Crippen LogP contribution >= 0.6 is 0 Å². The highest BCUT2D eigenvalue weighted by Gasteiger charge is 2.17. The molecule has 0 amide bonds. The monoisotopic (exact) mass is 371 g/mol. The quantitative estimate of drug-likeness (QED) is 0.651. The van der Waals surface area contributed by atoms with E-state index in [1.54, 1.807) is 0 Å². The summed E-state index contributed by atoms with van der Waals surface area (Å²) in [5.74, 6) is 0. The van der Waals surface area contributed by atoms with Crippen molar-refractivity contribution in [2.24, 2.45) is 0 Å². The molecule has 0 bridgehead atoms. The van der Waals surface area contributed by atoms with Gasteiger partial charge in [-0.25, -0.2) is 0 Å². The summed E-state index contributed by atoms with van der Waals surface area (Å²) in [6, 6.07) is 30.3. The molecule has 3 aromatic carbocycles. The van der Waals surface area contributed by atoms with Crippen molar-refractivity contribution in [2.75, 3.05) is 42.9 Å². The van der Waals surface area contributed by atoms with Crippen molar-refractivity contribution < 1.29 is 0 Å². The Morgan fingerprint density at radius 1 is 0.643 bits per heavy atom. The molecule has 0 saturated carbocycles. The number of hydrogen-bond acceptors (Lipinski definition) is 3. The molecule has 4 rings (SSSR count). The van der Waals surface area contributed by atoms with Gasteiger partial charge in [0.1, 0.15) is 0 Å². The largest absolute Gasteiger partial charge is 0.385 e. The fourth-order valence-corrected chi connectivity index (χ4v) is 3.79. The Labute approximate surface area is 168 Å². The van der Waals surface area contributed by atoms with Crippen LogP contribution in [0.3, 0.4) is 0 Å². The zero-order valence-corrected chi connectivity index (χ0v) is 16.4. The second-order valence-electron chi connectivity index (χ2n) is 7.46. The lowest BCUT2D eigenvalue weighted by molar-refractivity contribution is 0.250. The molecule has 0 aromatic heterocycles. The number of benzene rings is 3. The molecule has 28 heavy (non-hydrogen) atoms. The molecule has 3 heteroatoms. The third kappa shape index (κ3) is 5.14. The Morgan fingerprint density at radius 3 is 1.89 bits per heavy atom. The molecule has 0 spiro atoms. The van der Waals surface area contributed by atoms with Crippen molar-refractivity contribution in [1.82, 2.24) is 4.90 Å². The van der Waals surface area contributed by atoms with Crippen LogP contribution in [0.25, 0.3) is 0 Å². The highest BCUT2D eigenvalue weighted by molar-refractivity contribution is 5.55. The van der Waals surface area contributed by atoms with Gasteiger partial charge in [0.25, 0.3) is 0 Å². The average molecular weight is 372 g/mol. The molecule has 1 aliphatic rings. The molecule has 0 radical (unpaired) electrons. The van der Waals surface area contributed by atoms with Gasteiger partial charge < -0.3 is 10.2 Å². The zero-order chi connectivity index (χ0) is 19.0. The maximum absolute atomic E-state index is 3.53. The molecule has 0 aliphatic carbocycles. The van der Waals surface area contributed by atoms with Crippen molar-refractivity contribution in [1.29, 1.82) is 0 Å². The van der Waals surface area contributed by atoms with E-state index in [0.717, 1.165) is 45.7 Å². The summed E-state index contributed by atoms with van der Waals surface area (Å²) < 4.78 is 0. The summed E-state index contributed by atoms with van der Waals surface area (Å²) >= 11 is 0. The smallest absolute Gasteiger partial charge is 0.0368 e. The van der Waals surface area contributed by atoms with Crippen LogP contribution in [-0.4, -0.2) is 37.6 Å². The first-order valence-corrected chi connectivity index (χ1v) is 10.3. The van der Waals surface area contributed by atoms with E-state index in [1.165, 1.54) is 22.5 Å². The number of hydrogen-bond donors (Lipinski definition) is 1. The highest BCUT2D eigenvalue weighted by Crippen LogP contribution is 2.20. The minimum atomic E-state index is 0.960. The van der Waals surface area contributed by atoms with E-state index >= 15 is 0 Å². The van der Waals surface area contributed by atoms with Crippen LogP contribution in [0.4, 0.5) is 11.4 Å². The third-order valence-corrected chi connectivity index (χ3v) is 5.44. The van der Waals surface area contributed by atoms with Gasteiger partial charge in [-0.05, 0) is 41.8 Å². The Morgan fingerprint density at radius 2 is 1.25 bits per heavy atom. The summed E-state index contributed by atoms with van der Waals surface area (Å²) in [5, 5.41) is 3.53. The van der Waals surface area contributed by atoms with Crippen LogP contribution in [0, 0.1) is 0 Å². The number of nitrogens with zero attached hydrogens (tertiary/aromatic N) is 2. The number of rotatable bonds is 7. The summed E-state index contributed by atoms with van der Waals surface area (Å²) in [6.45, 7) is 6.43. The molecule has 1 N–H and O–H groups in total. The second-order valence-corrected chi connectivity index (χ2v) is 7.46. The van der Waals surface area contributed by atoms with E-state index in [2.05, 4.69) is 100 Å². The van der Waals surface area contributed by atoms with Gasteiger partial charge in [-0.1, -0.05) is 60.7 Å². The lowest BCUT2D eigenvalue weighted by Crippen LogP contribution is -2.45. The normalized spacial score (nSPS) is 14.8. The fraction of sp³-hybridized carbons (Fsp3) is 0.280. The van der Waals surface area contributed by atoms with Gasteiger partial charge in [-0.3, -0.25) is 4.90 Å². The van der Waals surface area contributed by atoms with Gasteiger partial charge in [-0.2, -0.15) is 0 Å². The lowest BCUT2D eigenvalue weighted by Gasteiger charge is -2.36. The summed E-state index contributed by atoms with van der Waals surface area (Å²) in [5.41, 5.74) is 5.30. The molecule has 144 valence electrons. The first-order chi connectivity index (χ1) is 13.9. The first-order valence-electron chi connectivity index (χ1n) is 10.3. The molecular formula is C25H29N3. The summed E-state index contributed by atoms with van der Waals surface area (Å²) in [6.07, 6.45) is 1.05. The van der Waals surface area contributed by atoms with Gasteiger partial charge in [0.2, 0.25) is 0 Å². The van der Waals surface area contributed by atoms with Crippen LogP contribution in [-0.2, 0) is 13.0 Å². The third-order valence-electron chi connectivity index (χ3n) is 5.44. The van der Waals surface area contributed by atoms with Crippen LogP contribution < -0.4 is 10.2 Å². The Hall–Kier alpha value is -2.78. The van der Waals surface area contributed by atoms with Crippen LogP contribution in [0.5, 0.6) is 0 Å². The maximum atomic E-state index is 3.53. The molecular weight excluding hydrogens is 342 g/mol. The highest BCUT2D eigenvalue weighted by atomic mass is 15.3.